The van der Waals surface area contributed by atoms with E-state index in [1.807, 2.05) is 30.3 Å². The first-order valence-electron chi connectivity index (χ1n) is 12.8. The third-order valence-corrected chi connectivity index (χ3v) is 8.87. The van der Waals surface area contributed by atoms with Crippen LogP contribution in [0.4, 0.5) is 18.9 Å². The quantitative estimate of drug-likeness (QED) is 0.192. The number of anilines is 1. The summed E-state index contributed by atoms with van der Waals surface area (Å²) in [6.07, 6.45) is 0.112. The number of halogens is 4. The molecule has 0 heterocycles. The Balaban J connectivity index is 1.70. The largest absolute Gasteiger partial charge is 0.341 e. The number of carbonyl (C=O) groups is 1. The van der Waals surface area contributed by atoms with E-state index in [2.05, 4.69) is 0 Å². The Morgan fingerprint density at radius 3 is 2.20 bits per heavy atom. The zero-order valence-electron chi connectivity index (χ0n) is 22.4. The lowest BCUT2D eigenvalue weighted by atomic mass is 9.97. The van der Waals surface area contributed by atoms with Gasteiger partial charge in [-0.3, -0.25) is 9.10 Å². The maximum atomic E-state index is 15.1. The van der Waals surface area contributed by atoms with Crippen molar-refractivity contribution in [1.29, 1.82) is 0 Å². The normalized spacial score (nSPS) is 12.1. The van der Waals surface area contributed by atoms with Crippen LogP contribution in [-0.2, 0) is 27.8 Å². The number of nitrogens with zero attached hydrogens (tertiary/aromatic N) is 2. The van der Waals surface area contributed by atoms with Crippen molar-refractivity contribution in [1.82, 2.24) is 4.90 Å². The number of benzene rings is 4. The minimum Gasteiger partial charge on any atom is -0.341 e. The van der Waals surface area contributed by atoms with Gasteiger partial charge in [0, 0.05) is 31.1 Å². The van der Waals surface area contributed by atoms with Crippen molar-refractivity contribution in [3.8, 4) is 0 Å². The predicted octanol–water partition coefficient (Wildman–Crippen LogP) is 7.31. The number of sulfonamides is 1. The molecule has 0 unspecified atom stereocenters. The van der Waals surface area contributed by atoms with Crippen molar-refractivity contribution in [2.75, 3.05) is 11.4 Å². The molecule has 0 saturated carbocycles. The maximum absolute atomic E-state index is 15.1. The van der Waals surface area contributed by atoms with E-state index in [0.717, 1.165) is 34.1 Å². The van der Waals surface area contributed by atoms with Crippen molar-refractivity contribution in [2.45, 2.75) is 37.2 Å². The number of amides is 1. The fraction of sp³-hybridized carbons (Fsp3) is 0.194. The maximum Gasteiger partial charge on any atom is 0.264 e. The Kier molecular flexibility index (Phi) is 9.40. The van der Waals surface area contributed by atoms with Crippen LogP contribution in [-0.4, -0.2) is 26.3 Å². The van der Waals surface area contributed by atoms with Crippen LogP contribution in [0.25, 0.3) is 0 Å². The van der Waals surface area contributed by atoms with E-state index < -0.39 is 39.2 Å². The first kappa shape index (κ1) is 30.1. The molecule has 214 valence electrons. The molecule has 10 heteroatoms. The van der Waals surface area contributed by atoms with Gasteiger partial charge in [-0.15, -0.1) is 0 Å². The van der Waals surface area contributed by atoms with E-state index in [4.69, 9.17) is 11.6 Å². The standard InChI is InChI=1S/C31H28ClF3N2O3S/c1-21(37(30-19-26(34)12-16-29(30)35)41(39,40)27-13-9-24(32)10-14-27)28-15-11-25(33)18-23(28)8-17-31(38)36(2)20-22-6-4-3-5-7-22/h3-7,9-16,18-19,21H,8,17,20H2,1-2H3/t21-/m1/s1. The average Bonchev–Trinajstić information content (AvgIpc) is 2.94. The van der Waals surface area contributed by atoms with Crippen molar-refractivity contribution in [3.63, 3.8) is 0 Å². The topological polar surface area (TPSA) is 57.7 Å². The fourth-order valence-corrected chi connectivity index (χ4v) is 6.39. The molecule has 0 N–H and O–H groups in total. The van der Waals surface area contributed by atoms with E-state index in [1.165, 1.54) is 43.3 Å². The number of hydrogen-bond acceptors (Lipinski definition) is 3. The lowest BCUT2D eigenvalue weighted by molar-refractivity contribution is -0.130. The monoisotopic (exact) mass is 600 g/mol. The van der Waals surface area contributed by atoms with Crippen molar-refractivity contribution in [3.05, 3.63) is 130 Å². The minimum absolute atomic E-state index is 0.0186. The number of aryl methyl sites for hydroxylation is 1. The molecule has 0 aliphatic carbocycles. The summed E-state index contributed by atoms with van der Waals surface area (Å²) < 4.78 is 72.3. The summed E-state index contributed by atoms with van der Waals surface area (Å²) in [4.78, 5) is 14.3. The fourth-order valence-electron chi connectivity index (χ4n) is 4.62. The second-order valence-corrected chi connectivity index (χ2v) is 11.9. The van der Waals surface area contributed by atoms with Gasteiger partial charge in [0.25, 0.3) is 10.0 Å². The Morgan fingerprint density at radius 2 is 1.51 bits per heavy atom. The van der Waals surface area contributed by atoms with E-state index >= 15 is 4.39 Å². The third-order valence-electron chi connectivity index (χ3n) is 6.72. The molecular weight excluding hydrogens is 573 g/mol. The molecule has 5 nitrogen and oxygen atoms in total. The number of hydrogen-bond donors (Lipinski definition) is 0. The summed E-state index contributed by atoms with van der Waals surface area (Å²) in [5.74, 6) is -2.57. The zero-order valence-corrected chi connectivity index (χ0v) is 24.0. The van der Waals surface area contributed by atoms with Gasteiger partial charge in [0.2, 0.25) is 5.91 Å². The summed E-state index contributed by atoms with van der Waals surface area (Å²) in [6.45, 7) is 1.88. The Morgan fingerprint density at radius 1 is 0.878 bits per heavy atom. The van der Waals surface area contributed by atoms with Gasteiger partial charge >= 0.3 is 0 Å². The van der Waals surface area contributed by atoms with Crippen LogP contribution in [0.15, 0.2) is 95.9 Å². The van der Waals surface area contributed by atoms with Crippen LogP contribution < -0.4 is 4.31 Å². The summed E-state index contributed by atoms with van der Waals surface area (Å²) in [6, 6.07) is 19.9. The molecule has 0 radical (unpaired) electrons. The zero-order chi connectivity index (χ0) is 29.7. The van der Waals surface area contributed by atoms with Crippen LogP contribution in [0.5, 0.6) is 0 Å². The molecule has 0 fully saturated rings. The van der Waals surface area contributed by atoms with Gasteiger partial charge in [0.1, 0.15) is 17.5 Å². The molecule has 0 aliphatic rings. The smallest absolute Gasteiger partial charge is 0.264 e. The molecule has 0 saturated heterocycles. The lowest BCUT2D eigenvalue weighted by Gasteiger charge is -2.32. The summed E-state index contributed by atoms with van der Waals surface area (Å²) in [5, 5.41) is 0.295. The van der Waals surface area contributed by atoms with Gasteiger partial charge in [-0.1, -0.05) is 48.0 Å². The van der Waals surface area contributed by atoms with Crippen LogP contribution in [0.3, 0.4) is 0 Å². The molecule has 1 amide bonds. The van der Waals surface area contributed by atoms with Crippen LogP contribution >= 0.6 is 11.6 Å². The highest BCUT2D eigenvalue weighted by atomic mass is 35.5. The van der Waals surface area contributed by atoms with Gasteiger partial charge in [0.05, 0.1) is 16.6 Å². The first-order valence-corrected chi connectivity index (χ1v) is 14.6. The van der Waals surface area contributed by atoms with Gasteiger partial charge in [-0.05, 0) is 78.6 Å². The lowest BCUT2D eigenvalue weighted by Crippen LogP contribution is -2.35. The number of rotatable bonds is 10. The summed E-state index contributed by atoms with van der Waals surface area (Å²) >= 11 is 5.94. The van der Waals surface area contributed by atoms with Crippen LogP contribution in [0.2, 0.25) is 5.02 Å². The van der Waals surface area contributed by atoms with Crippen molar-refractivity contribution < 1.29 is 26.4 Å². The molecule has 0 aliphatic heterocycles. The Labute approximate surface area is 242 Å². The highest BCUT2D eigenvalue weighted by molar-refractivity contribution is 7.92. The molecule has 4 aromatic rings. The average molecular weight is 601 g/mol. The van der Waals surface area contributed by atoms with Gasteiger partial charge < -0.3 is 4.90 Å². The first-order chi connectivity index (χ1) is 19.5. The molecule has 4 aromatic carbocycles. The van der Waals surface area contributed by atoms with E-state index in [-0.39, 0.29) is 23.6 Å². The van der Waals surface area contributed by atoms with Gasteiger partial charge in [0.15, 0.2) is 0 Å². The number of carbonyl (C=O) groups excluding carboxylic acids is 1. The van der Waals surface area contributed by atoms with E-state index in [1.54, 1.807) is 11.9 Å². The second kappa shape index (κ2) is 12.8. The van der Waals surface area contributed by atoms with Gasteiger partial charge in [-0.25, -0.2) is 21.6 Å². The highest BCUT2D eigenvalue weighted by Crippen LogP contribution is 2.37. The van der Waals surface area contributed by atoms with Crippen LogP contribution in [0, 0.1) is 17.5 Å². The SMILES string of the molecule is C[C@H](c1ccc(F)cc1CCC(=O)N(C)Cc1ccccc1)N(c1cc(F)ccc1F)S(=O)(=O)c1ccc(Cl)cc1. The molecule has 41 heavy (non-hydrogen) atoms. The molecule has 4 rings (SSSR count). The second-order valence-electron chi connectivity index (χ2n) is 9.61. The Bertz CT molecular complexity index is 1630. The molecule has 0 bridgehead atoms. The van der Waals surface area contributed by atoms with Crippen molar-refractivity contribution >= 4 is 33.2 Å². The van der Waals surface area contributed by atoms with E-state index in [9.17, 15) is 22.0 Å². The molecule has 1 atom stereocenters. The molecular formula is C31H28ClF3N2O3S. The van der Waals surface area contributed by atoms with Gasteiger partial charge in [-0.2, -0.15) is 0 Å². The highest BCUT2D eigenvalue weighted by Gasteiger charge is 2.34. The van der Waals surface area contributed by atoms with Crippen LogP contribution in [0.1, 0.15) is 36.1 Å². The molecule has 0 spiro atoms. The summed E-state index contributed by atoms with van der Waals surface area (Å²) in [7, 11) is -2.80. The Hall–Kier alpha value is -3.82. The summed E-state index contributed by atoms with van der Waals surface area (Å²) in [5.41, 5.74) is 1.14. The molecule has 0 aromatic heterocycles. The van der Waals surface area contributed by atoms with E-state index in [0.29, 0.717) is 22.7 Å². The third kappa shape index (κ3) is 7.10. The predicted molar refractivity (Wildman–Crippen MR) is 154 cm³/mol. The van der Waals surface area contributed by atoms with Crippen molar-refractivity contribution in [2.24, 2.45) is 0 Å². The minimum atomic E-state index is -4.46.